The lowest BCUT2D eigenvalue weighted by atomic mass is 9.99. The molecule has 2 rings (SSSR count). The summed E-state index contributed by atoms with van der Waals surface area (Å²) in [6, 6.07) is 5.83. The lowest BCUT2D eigenvalue weighted by Crippen LogP contribution is -2.33. The molecule has 0 aliphatic carbocycles. The summed E-state index contributed by atoms with van der Waals surface area (Å²) in [6.07, 6.45) is -1.69. The number of allylic oxidation sites excluding steroid dienone is 2. The first-order valence-electron chi connectivity index (χ1n) is 9.85. The van der Waals surface area contributed by atoms with Crippen LogP contribution in [0.2, 0.25) is 0 Å². The van der Waals surface area contributed by atoms with Crippen molar-refractivity contribution < 1.29 is 33.3 Å². The van der Waals surface area contributed by atoms with Gasteiger partial charge in [0.1, 0.15) is 29.8 Å². The van der Waals surface area contributed by atoms with Gasteiger partial charge in [-0.05, 0) is 52.7 Å². The molecule has 0 spiro atoms. The summed E-state index contributed by atoms with van der Waals surface area (Å²) in [4.78, 5) is 24.0. The van der Waals surface area contributed by atoms with Gasteiger partial charge >= 0.3 is 12.3 Å². The number of dihydropyridines is 1. The van der Waals surface area contributed by atoms with Crippen LogP contribution in [0.5, 0.6) is 5.75 Å². The first-order chi connectivity index (χ1) is 14.3. The fourth-order valence-corrected chi connectivity index (χ4v) is 3.16. The van der Waals surface area contributed by atoms with Crippen LogP contribution in [0.4, 0.5) is 9.59 Å². The zero-order valence-corrected chi connectivity index (χ0v) is 18.3. The van der Waals surface area contributed by atoms with E-state index in [-0.39, 0.29) is 31.3 Å². The highest BCUT2D eigenvalue weighted by Gasteiger charge is 2.35. The highest BCUT2D eigenvalue weighted by Crippen LogP contribution is 2.33. The minimum absolute atomic E-state index is 0.0749. The molecule has 1 N–H and O–H groups in total. The smallest absolute Gasteiger partial charge is 0.492 e. The van der Waals surface area contributed by atoms with Gasteiger partial charge in [-0.1, -0.05) is 18.2 Å². The second-order valence-corrected chi connectivity index (χ2v) is 6.76. The molecule has 0 amide bonds. The Hall–Kier alpha value is -3.16. The molecule has 30 heavy (non-hydrogen) atoms. The number of rotatable bonds is 7. The number of benzene rings is 1. The highest BCUT2D eigenvalue weighted by molar-refractivity contribution is 5.63. The van der Waals surface area contributed by atoms with Crippen molar-refractivity contribution in [2.75, 3.05) is 19.8 Å². The van der Waals surface area contributed by atoms with Crippen molar-refractivity contribution in [3.8, 4) is 5.75 Å². The van der Waals surface area contributed by atoms with Crippen LogP contribution >= 0.6 is 0 Å². The summed E-state index contributed by atoms with van der Waals surface area (Å²) in [6.45, 7) is 11.2. The van der Waals surface area contributed by atoms with Crippen LogP contribution in [0.3, 0.4) is 0 Å². The van der Waals surface area contributed by atoms with Crippen LogP contribution in [0.1, 0.15) is 38.8 Å². The summed E-state index contributed by atoms with van der Waals surface area (Å²) in [5.74, 6) is 0.561. The van der Waals surface area contributed by atoms with Gasteiger partial charge in [0, 0.05) is 0 Å². The van der Waals surface area contributed by atoms with E-state index in [0.717, 1.165) is 16.9 Å². The van der Waals surface area contributed by atoms with Gasteiger partial charge in [0.05, 0.1) is 24.6 Å². The molecular formula is C22H29NO7. The fourth-order valence-electron chi connectivity index (χ4n) is 3.16. The minimum Gasteiger partial charge on any atom is -0.492 e. The third-order valence-electron chi connectivity index (χ3n) is 4.46. The van der Waals surface area contributed by atoms with Crippen molar-refractivity contribution in [1.82, 2.24) is 5.32 Å². The molecule has 1 aromatic carbocycles. The molecule has 8 nitrogen and oxygen atoms in total. The minimum atomic E-state index is -0.847. The van der Waals surface area contributed by atoms with Gasteiger partial charge in [0.25, 0.3) is 0 Å². The van der Waals surface area contributed by atoms with Crippen molar-refractivity contribution in [3.05, 3.63) is 52.2 Å². The number of hydrogen-bond acceptors (Lipinski definition) is 8. The maximum atomic E-state index is 12.0. The normalized spacial score (nSPS) is 14.2. The van der Waals surface area contributed by atoms with Gasteiger partial charge in [-0.25, -0.2) is 9.59 Å². The van der Waals surface area contributed by atoms with Gasteiger partial charge in [0.15, 0.2) is 0 Å². The van der Waals surface area contributed by atoms with Crippen molar-refractivity contribution in [3.63, 3.8) is 0 Å². The Morgan fingerprint density at radius 3 is 1.77 bits per heavy atom. The number of carbonyl (C=O) groups is 2. The highest BCUT2D eigenvalue weighted by atomic mass is 16.7. The third-order valence-corrected chi connectivity index (χ3v) is 4.46. The molecule has 164 valence electrons. The lowest BCUT2D eigenvalue weighted by molar-refractivity contribution is 0.0522. The fraction of sp³-hybridized carbons (Fsp3) is 0.455. The summed E-state index contributed by atoms with van der Waals surface area (Å²) in [5.41, 5.74) is 3.11. The number of aryl methyl sites for hydroxylation is 2. The maximum Gasteiger partial charge on any atom is 0.513 e. The first-order valence-corrected chi connectivity index (χ1v) is 9.85. The van der Waals surface area contributed by atoms with E-state index in [1.54, 1.807) is 27.7 Å². The number of hydrogen-bond donors (Lipinski definition) is 1. The van der Waals surface area contributed by atoms with E-state index in [9.17, 15) is 9.59 Å². The van der Waals surface area contributed by atoms with Crippen molar-refractivity contribution in [2.45, 2.75) is 41.5 Å². The Kier molecular flexibility index (Phi) is 8.15. The quantitative estimate of drug-likeness (QED) is 0.635. The van der Waals surface area contributed by atoms with Crippen LogP contribution in [0.25, 0.3) is 0 Å². The largest absolute Gasteiger partial charge is 0.513 e. The van der Waals surface area contributed by atoms with Crippen LogP contribution in [0, 0.1) is 19.8 Å². The number of ether oxygens (including phenoxy) is 5. The molecule has 1 heterocycles. The van der Waals surface area contributed by atoms with Gasteiger partial charge in [-0.3, -0.25) is 0 Å². The molecule has 1 aromatic rings. The van der Waals surface area contributed by atoms with Crippen molar-refractivity contribution in [2.24, 2.45) is 5.92 Å². The topological polar surface area (TPSA) is 92.3 Å². The molecule has 1 aliphatic heterocycles. The van der Waals surface area contributed by atoms with E-state index in [4.69, 9.17) is 23.7 Å². The Labute approximate surface area is 176 Å². The molecule has 0 fully saturated rings. The monoisotopic (exact) mass is 419 g/mol. The second kappa shape index (κ2) is 10.6. The van der Waals surface area contributed by atoms with Crippen molar-refractivity contribution >= 4 is 12.3 Å². The summed E-state index contributed by atoms with van der Waals surface area (Å²) < 4.78 is 26.8. The van der Waals surface area contributed by atoms with Gasteiger partial charge in [-0.2, -0.15) is 0 Å². The van der Waals surface area contributed by atoms with E-state index in [0.29, 0.717) is 11.4 Å². The average molecular weight is 419 g/mol. The zero-order chi connectivity index (χ0) is 22.3. The van der Waals surface area contributed by atoms with Crippen LogP contribution in [-0.2, 0) is 18.9 Å². The average Bonchev–Trinajstić information content (AvgIpc) is 2.67. The molecule has 8 heteroatoms. The Morgan fingerprint density at radius 2 is 1.33 bits per heavy atom. The van der Waals surface area contributed by atoms with Gasteiger partial charge < -0.3 is 29.0 Å². The number of carbonyl (C=O) groups excluding carboxylic acids is 2. The van der Waals surface area contributed by atoms with Gasteiger partial charge in [-0.15, -0.1) is 0 Å². The standard InChI is InChI=1S/C22H29NO7/c1-7-26-21(24)29-19-15(5)23-16(6)20(30-22(25)27-8-2)17(19)12-28-18-13(3)10-9-11-14(18)4/h9-11,17,23H,7-8,12H2,1-6H3. The second-order valence-electron chi connectivity index (χ2n) is 6.76. The molecule has 0 aromatic heterocycles. The van der Waals surface area contributed by atoms with Crippen LogP contribution in [-0.4, -0.2) is 32.1 Å². The first kappa shape index (κ1) is 23.1. The molecule has 0 unspecified atom stereocenters. The third kappa shape index (κ3) is 5.68. The van der Waals surface area contributed by atoms with E-state index < -0.39 is 18.2 Å². The molecule has 0 saturated heterocycles. The Bertz CT molecular complexity index is 795. The van der Waals surface area contributed by atoms with Crippen LogP contribution in [0.15, 0.2) is 41.1 Å². The molecular weight excluding hydrogens is 390 g/mol. The molecule has 1 aliphatic rings. The molecule has 0 bridgehead atoms. The van der Waals surface area contributed by atoms with Crippen LogP contribution < -0.4 is 10.1 Å². The van der Waals surface area contributed by atoms with Gasteiger partial charge in [0.2, 0.25) is 0 Å². The summed E-state index contributed by atoms with van der Waals surface area (Å²) in [5, 5.41) is 3.06. The molecule has 0 atom stereocenters. The van der Waals surface area contributed by atoms with E-state index in [1.165, 1.54) is 0 Å². The van der Waals surface area contributed by atoms with E-state index in [1.807, 2.05) is 32.0 Å². The number of para-hydroxylation sites is 1. The summed E-state index contributed by atoms with van der Waals surface area (Å²) >= 11 is 0. The maximum absolute atomic E-state index is 12.0. The number of nitrogens with one attached hydrogen (secondary N) is 1. The van der Waals surface area contributed by atoms with Crippen molar-refractivity contribution in [1.29, 1.82) is 0 Å². The lowest BCUT2D eigenvalue weighted by Gasteiger charge is -2.30. The summed E-state index contributed by atoms with van der Waals surface area (Å²) in [7, 11) is 0. The SMILES string of the molecule is CCOC(=O)OC1=C(C)NC(C)=C(OC(=O)OCC)C1COc1c(C)cccc1C. The zero-order valence-electron chi connectivity index (χ0n) is 18.3. The Morgan fingerprint density at radius 1 is 0.867 bits per heavy atom. The predicted octanol–water partition coefficient (Wildman–Crippen LogP) is 4.71. The Balaban J connectivity index is 2.35. The predicted molar refractivity (Wildman–Crippen MR) is 110 cm³/mol. The van der Waals surface area contributed by atoms with E-state index in [2.05, 4.69) is 5.32 Å². The van der Waals surface area contributed by atoms with E-state index >= 15 is 0 Å². The molecule has 0 saturated carbocycles. The molecule has 0 radical (unpaired) electrons.